The van der Waals surface area contributed by atoms with Crippen molar-refractivity contribution in [3.05, 3.63) is 0 Å². The molecule has 2 amide bonds. The van der Waals surface area contributed by atoms with E-state index in [0.29, 0.717) is 26.2 Å². The zero-order chi connectivity index (χ0) is 19.5. The Morgan fingerprint density at radius 3 is 1.64 bits per heavy atom. The maximum absolute atomic E-state index is 12.2. The quantitative estimate of drug-likeness (QED) is 0.629. The summed E-state index contributed by atoms with van der Waals surface area (Å²) >= 11 is 0. The molecule has 0 aromatic heterocycles. The Bertz CT molecular complexity index is 371. The van der Waals surface area contributed by atoms with Crippen LogP contribution in [0.15, 0.2) is 0 Å². The molecule has 0 heterocycles. The van der Waals surface area contributed by atoms with Crippen molar-refractivity contribution >= 4 is 12.2 Å². The summed E-state index contributed by atoms with van der Waals surface area (Å²) in [7, 11) is 0. The molecule has 0 bridgehead atoms. The minimum absolute atomic E-state index is 0.0144. The van der Waals surface area contributed by atoms with Crippen LogP contribution in [0.4, 0.5) is 9.59 Å². The van der Waals surface area contributed by atoms with Crippen molar-refractivity contribution in [2.45, 2.75) is 59.2 Å². The smallest absolute Gasteiger partial charge is 0.419 e. The molecule has 0 aliphatic heterocycles. The molecule has 1 N–H and O–H groups in total. The maximum Gasteiger partial charge on any atom is 0.419 e. The summed E-state index contributed by atoms with van der Waals surface area (Å²) in [5, 5.41) is 8.63. The van der Waals surface area contributed by atoms with Gasteiger partial charge in [-0.15, -0.1) is 0 Å². The maximum atomic E-state index is 12.2. The molecule has 0 saturated heterocycles. The van der Waals surface area contributed by atoms with Crippen LogP contribution in [-0.4, -0.2) is 73.0 Å². The predicted molar refractivity (Wildman–Crippen MR) is 92.5 cm³/mol. The summed E-state index contributed by atoms with van der Waals surface area (Å²) in [6, 6.07) is 0. The highest BCUT2D eigenvalue weighted by Gasteiger charge is 2.30. The average Bonchev–Trinajstić information content (AvgIpc) is 2.41. The van der Waals surface area contributed by atoms with E-state index >= 15 is 0 Å². The van der Waals surface area contributed by atoms with E-state index in [9.17, 15) is 9.59 Å². The molecule has 0 fully saturated rings. The summed E-state index contributed by atoms with van der Waals surface area (Å²) in [6.07, 6.45) is -0.973. The van der Waals surface area contributed by atoms with Gasteiger partial charge in [0.15, 0.2) is 0 Å². The number of nitrogens with zero attached hydrogens (tertiary/aromatic N) is 1. The third-order valence-electron chi connectivity index (χ3n) is 2.51. The largest absolute Gasteiger partial charge is 0.443 e. The molecule has 0 aliphatic rings. The summed E-state index contributed by atoms with van der Waals surface area (Å²) in [4.78, 5) is 25.3. The van der Waals surface area contributed by atoms with Crippen LogP contribution in [0.5, 0.6) is 0 Å². The Labute approximate surface area is 150 Å². The highest BCUT2D eigenvalue weighted by Crippen LogP contribution is 2.14. The Balaban J connectivity index is 4.45. The van der Waals surface area contributed by atoms with Crippen molar-refractivity contribution in [1.29, 1.82) is 0 Å². The van der Waals surface area contributed by atoms with Crippen LogP contribution in [0.2, 0.25) is 0 Å². The number of aliphatic hydroxyl groups is 1. The molecular weight excluding hydrogens is 330 g/mol. The van der Waals surface area contributed by atoms with Gasteiger partial charge >= 0.3 is 12.2 Å². The van der Waals surface area contributed by atoms with Crippen LogP contribution in [0, 0.1) is 0 Å². The first kappa shape index (κ1) is 23.6. The standard InChI is InChI=1S/C17H33NO7/c1-16(2,3)24-14(20)18(15(21)25-17(4,5)6)8-11-23-13-12-22-10-7-9-19/h19H,7-13H2,1-6H3. The van der Waals surface area contributed by atoms with Gasteiger partial charge in [0, 0.05) is 13.2 Å². The Morgan fingerprint density at radius 1 is 0.800 bits per heavy atom. The molecule has 8 heteroatoms. The number of rotatable bonds is 9. The first-order valence-electron chi connectivity index (χ1n) is 8.46. The molecule has 0 aromatic rings. The number of carbonyl (C=O) groups is 2. The summed E-state index contributed by atoms with van der Waals surface area (Å²) in [5.41, 5.74) is -1.45. The molecule has 0 rings (SSSR count). The van der Waals surface area contributed by atoms with Gasteiger partial charge in [-0.3, -0.25) is 0 Å². The fraction of sp³-hybridized carbons (Fsp3) is 0.882. The van der Waals surface area contributed by atoms with Gasteiger partial charge in [-0.25, -0.2) is 14.5 Å². The second-order valence-corrected chi connectivity index (χ2v) is 7.41. The molecule has 8 nitrogen and oxygen atoms in total. The number of aliphatic hydroxyl groups excluding tert-OH is 1. The summed E-state index contributed by atoms with van der Waals surface area (Å²) in [6.45, 7) is 11.7. The van der Waals surface area contributed by atoms with Gasteiger partial charge in [0.05, 0.1) is 26.4 Å². The number of ether oxygens (including phenoxy) is 4. The van der Waals surface area contributed by atoms with Crippen molar-refractivity contribution in [2.24, 2.45) is 0 Å². The van der Waals surface area contributed by atoms with Gasteiger partial charge < -0.3 is 24.1 Å². The van der Waals surface area contributed by atoms with E-state index in [1.54, 1.807) is 41.5 Å². The Kier molecular flexibility index (Phi) is 10.7. The molecule has 0 unspecified atom stereocenters. The average molecular weight is 363 g/mol. The summed E-state index contributed by atoms with van der Waals surface area (Å²) in [5.74, 6) is 0. The monoisotopic (exact) mass is 363 g/mol. The second-order valence-electron chi connectivity index (χ2n) is 7.41. The fourth-order valence-corrected chi connectivity index (χ4v) is 1.54. The molecule has 0 spiro atoms. The lowest BCUT2D eigenvalue weighted by Gasteiger charge is -2.28. The minimum Gasteiger partial charge on any atom is -0.443 e. The Hall–Kier alpha value is -1.38. The van der Waals surface area contributed by atoms with Gasteiger partial charge in [-0.2, -0.15) is 0 Å². The first-order valence-corrected chi connectivity index (χ1v) is 8.46. The SMILES string of the molecule is CC(C)(C)OC(=O)N(CCOCCOCCCO)C(=O)OC(C)(C)C. The van der Waals surface area contributed by atoms with Crippen LogP contribution in [-0.2, 0) is 18.9 Å². The van der Waals surface area contributed by atoms with Crippen LogP contribution in [0.3, 0.4) is 0 Å². The lowest BCUT2D eigenvalue weighted by molar-refractivity contribution is -0.00820. The van der Waals surface area contributed by atoms with Crippen molar-refractivity contribution in [3.8, 4) is 0 Å². The zero-order valence-electron chi connectivity index (χ0n) is 16.3. The normalized spacial score (nSPS) is 12.0. The lowest BCUT2D eigenvalue weighted by atomic mass is 10.2. The van der Waals surface area contributed by atoms with Crippen LogP contribution < -0.4 is 0 Å². The number of hydrogen-bond donors (Lipinski definition) is 1. The number of hydrogen-bond acceptors (Lipinski definition) is 7. The molecule has 25 heavy (non-hydrogen) atoms. The van der Waals surface area contributed by atoms with E-state index in [2.05, 4.69) is 0 Å². The van der Waals surface area contributed by atoms with Crippen LogP contribution in [0.25, 0.3) is 0 Å². The fourth-order valence-electron chi connectivity index (χ4n) is 1.54. The van der Waals surface area contributed by atoms with Gasteiger partial charge in [-0.05, 0) is 48.0 Å². The third-order valence-corrected chi connectivity index (χ3v) is 2.51. The van der Waals surface area contributed by atoms with Gasteiger partial charge in [0.1, 0.15) is 11.2 Å². The topological polar surface area (TPSA) is 94.5 Å². The number of amides is 2. The number of imide groups is 1. The minimum atomic E-state index is -0.774. The van der Waals surface area contributed by atoms with Crippen LogP contribution >= 0.6 is 0 Å². The second kappa shape index (κ2) is 11.3. The molecule has 0 radical (unpaired) electrons. The highest BCUT2D eigenvalue weighted by atomic mass is 16.6. The van der Waals surface area contributed by atoms with E-state index < -0.39 is 23.4 Å². The molecule has 0 aliphatic carbocycles. The molecule has 0 aromatic carbocycles. The van der Waals surface area contributed by atoms with E-state index in [0.717, 1.165) is 4.90 Å². The van der Waals surface area contributed by atoms with Gasteiger partial charge in [-0.1, -0.05) is 0 Å². The summed E-state index contributed by atoms with van der Waals surface area (Å²) < 4.78 is 21.1. The van der Waals surface area contributed by atoms with Crippen molar-refractivity contribution in [2.75, 3.05) is 39.6 Å². The molecule has 0 atom stereocenters. The van der Waals surface area contributed by atoms with Gasteiger partial charge in [0.2, 0.25) is 0 Å². The van der Waals surface area contributed by atoms with E-state index in [-0.39, 0.29) is 19.8 Å². The first-order chi connectivity index (χ1) is 11.5. The van der Waals surface area contributed by atoms with Crippen molar-refractivity contribution in [3.63, 3.8) is 0 Å². The van der Waals surface area contributed by atoms with E-state index in [1.807, 2.05) is 0 Å². The zero-order valence-corrected chi connectivity index (χ0v) is 16.3. The van der Waals surface area contributed by atoms with Crippen LogP contribution in [0.1, 0.15) is 48.0 Å². The van der Waals surface area contributed by atoms with Gasteiger partial charge in [0.25, 0.3) is 0 Å². The van der Waals surface area contributed by atoms with Crippen molar-refractivity contribution < 1.29 is 33.6 Å². The third kappa shape index (κ3) is 13.6. The van der Waals surface area contributed by atoms with Crippen molar-refractivity contribution in [1.82, 2.24) is 4.90 Å². The van der Waals surface area contributed by atoms with E-state index in [1.165, 1.54) is 0 Å². The molecular formula is C17H33NO7. The number of carbonyl (C=O) groups excluding carboxylic acids is 2. The highest BCUT2D eigenvalue weighted by molar-refractivity contribution is 5.88. The lowest BCUT2D eigenvalue weighted by Crippen LogP contribution is -2.45. The molecule has 148 valence electrons. The Morgan fingerprint density at radius 2 is 1.24 bits per heavy atom. The predicted octanol–water partition coefficient (Wildman–Crippen LogP) is 2.57. The molecule has 0 saturated carbocycles. The van der Waals surface area contributed by atoms with E-state index in [4.69, 9.17) is 24.1 Å².